The zero-order valence-electron chi connectivity index (χ0n) is 14.2. The van der Waals surface area contributed by atoms with Gasteiger partial charge in [0.2, 0.25) is 11.8 Å². The molecule has 126 valence electrons. The Morgan fingerprint density at radius 2 is 1.96 bits per heavy atom. The number of hydrogen-bond acceptors (Lipinski definition) is 2. The molecule has 3 fully saturated rings. The number of allylic oxidation sites excluding steroid dienone is 3. The quantitative estimate of drug-likeness (QED) is 0.786. The fraction of sp³-hybridized carbons (Fsp3) is 0.684. The third-order valence-corrected chi connectivity index (χ3v) is 5.48. The standard InChI is InChI=1S/C19H28N2O2/c1-2-3-8-15-11-7-12-21-17(15)13-20(14-18(21)22)19(23)16-9-5-4-6-10-16/h2-3,8,16-17H,4-7,9-14H2,1H3/b3-2-,15-8+/t17-/m0/s1. The van der Waals surface area contributed by atoms with E-state index in [1.807, 2.05) is 28.9 Å². The zero-order valence-corrected chi connectivity index (χ0v) is 14.2. The molecule has 2 amide bonds. The maximum atomic E-state index is 12.8. The molecule has 1 saturated carbocycles. The average Bonchev–Trinajstić information content (AvgIpc) is 2.60. The Hall–Kier alpha value is -1.58. The summed E-state index contributed by atoms with van der Waals surface area (Å²) in [5.41, 5.74) is 1.30. The second kappa shape index (κ2) is 7.33. The molecule has 1 atom stereocenters. The molecule has 4 heteroatoms. The molecule has 23 heavy (non-hydrogen) atoms. The van der Waals surface area contributed by atoms with Crippen LogP contribution in [0.3, 0.4) is 0 Å². The third kappa shape index (κ3) is 3.51. The van der Waals surface area contributed by atoms with Crippen molar-refractivity contribution in [3.05, 3.63) is 23.8 Å². The van der Waals surface area contributed by atoms with Crippen LogP contribution >= 0.6 is 0 Å². The van der Waals surface area contributed by atoms with Gasteiger partial charge in [-0.2, -0.15) is 0 Å². The minimum atomic E-state index is 0.0914. The van der Waals surface area contributed by atoms with Crippen LogP contribution in [0.4, 0.5) is 0 Å². The Morgan fingerprint density at radius 3 is 2.70 bits per heavy atom. The number of piperidine rings is 1. The van der Waals surface area contributed by atoms with Gasteiger partial charge in [-0.25, -0.2) is 0 Å². The Kier molecular flexibility index (Phi) is 5.19. The van der Waals surface area contributed by atoms with E-state index >= 15 is 0 Å². The van der Waals surface area contributed by atoms with E-state index in [0.29, 0.717) is 6.54 Å². The predicted molar refractivity (Wildman–Crippen MR) is 90.8 cm³/mol. The van der Waals surface area contributed by atoms with Crippen LogP contribution < -0.4 is 0 Å². The van der Waals surface area contributed by atoms with Gasteiger partial charge in [-0.05, 0) is 38.2 Å². The van der Waals surface area contributed by atoms with Crippen molar-refractivity contribution >= 4 is 11.8 Å². The number of amides is 2. The molecule has 2 heterocycles. The van der Waals surface area contributed by atoms with Crippen molar-refractivity contribution in [2.24, 2.45) is 5.92 Å². The average molecular weight is 316 g/mol. The summed E-state index contributed by atoms with van der Waals surface area (Å²) < 4.78 is 0. The zero-order chi connectivity index (χ0) is 16.2. The topological polar surface area (TPSA) is 40.6 Å². The van der Waals surface area contributed by atoms with E-state index in [1.165, 1.54) is 12.0 Å². The Morgan fingerprint density at radius 1 is 1.17 bits per heavy atom. The van der Waals surface area contributed by atoms with E-state index in [9.17, 15) is 9.59 Å². The van der Waals surface area contributed by atoms with Gasteiger partial charge < -0.3 is 9.80 Å². The Labute approximate surface area is 139 Å². The summed E-state index contributed by atoms with van der Waals surface area (Å²) >= 11 is 0. The maximum absolute atomic E-state index is 12.8. The second-order valence-corrected chi connectivity index (χ2v) is 7.03. The van der Waals surface area contributed by atoms with Crippen molar-refractivity contribution in [3.63, 3.8) is 0 Å². The first kappa shape index (κ1) is 16.3. The SMILES string of the molecule is C/C=C\C=C1/CCCN2C(=O)CN(C(=O)C3CCCCC3)C[C@@H]12. The molecule has 2 saturated heterocycles. The molecular formula is C19H28N2O2. The number of carbonyl (C=O) groups is 2. The van der Waals surface area contributed by atoms with Crippen molar-refractivity contribution in [1.82, 2.24) is 9.80 Å². The normalized spacial score (nSPS) is 28.5. The number of carbonyl (C=O) groups excluding carboxylic acids is 2. The largest absolute Gasteiger partial charge is 0.333 e. The Bertz CT molecular complexity index is 517. The van der Waals surface area contributed by atoms with Gasteiger partial charge in [0.1, 0.15) is 0 Å². The molecular weight excluding hydrogens is 288 g/mol. The van der Waals surface area contributed by atoms with Crippen LogP contribution in [0.2, 0.25) is 0 Å². The first-order valence-corrected chi connectivity index (χ1v) is 9.10. The lowest BCUT2D eigenvalue weighted by Gasteiger charge is -2.45. The fourth-order valence-electron chi connectivity index (χ4n) is 4.21. The highest BCUT2D eigenvalue weighted by atomic mass is 16.2. The first-order valence-electron chi connectivity index (χ1n) is 9.10. The van der Waals surface area contributed by atoms with Gasteiger partial charge in [0.15, 0.2) is 0 Å². The first-order chi connectivity index (χ1) is 11.2. The van der Waals surface area contributed by atoms with Gasteiger partial charge in [-0.1, -0.05) is 37.5 Å². The summed E-state index contributed by atoms with van der Waals surface area (Å²) in [6, 6.07) is 0.0914. The van der Waals surface area contributed by atoms with Crippen molar-refractivity contribution in [2.45, 2.75) is 57.9 Å². The van der Waals surface area contributed by atoms with E-state index in [2.05, 4.69) is 6.08 Å². The van der Waals surface area contributed by atoms with Crippen LogP contribution in [0.5, 0.6) is 0 Å². The predicted octanol–water partition coefficient (Wildman–Crippen LogP) is 2.90. The van der Waals surface area contributed by atoms with Crippen molar-refractivity contribution in [3.8, 4) is 0 Å². The van der Waals surface area contributed by atoms with Gasteiger partial charge in [0.25, 0.3) is 0 Å². The van der Waals surface area contributed by atoms with Crippen LogP contribution in [-0.2, 0) is 9.59 Å². The lowest BCUT2D eigenvalue weighted by atomic mass is 9.87. The molecule has 0 unspecified atom stereocenters. The molecule has 0 N–H and O–H groups in total. The highest BCUT2D eigenvalue weighted by Gasteiger charge is 2.39. The second-order valence-electron chi connectivity index (χ2n) is 7.03. The highest BCUT2D eigenvalue weighted by Crippen LogP contribution is 2.30. The van der Waals surface area contributed by atoms with E-state index in [4.69, 9.17) is 0 Å². The minimum Gasteiger partial charge on any atom is -0.333 e. The molecule has 0 aromatic heterocycles. The summed E-state index contributed by atoms with van der Waals surface area (Å²) in [4.78, 5) is 29.2. The molecule has 2 aliphatic heterocycles. The van der Waals surface area contributed by atoms with E-state index in [1.54, 1.807) is 0 Å². The summed E-state index contributed by atoms with van der Waals surface area (Å²) in [6.45, 7) is 3.80. The molecule has 0 aromatic carbocycles. The fourth-order valence-corrected chi connectivity index (χ4v) is 4.21. The van der Waals surface area contributed by atoms with Gasteiger partial charge in [-0.15, -0.1) is 0 Å². The van der Waals surface area contributed by atoms with Crippen LogP contribution in [0.15, 0.2) is 23.8 Å². The molecule has 0 spiro atoms. The molecule has 0 radical (unpaired) electrons. The molecule has 0 bridgehead atoms. The van der Waals surface area contributed by atoms with Crippen LogP contribution in [0.25, 0.3) is 0 Å². The van der Waals surface area contributed by atoms with Crippen molar-refractivity contribution < 1.29 is 9.59 Å². The van der Waals surface area contributed by atoms with E-state index in [-0.39, 0.29) is 30.3 Å². The van der Waals surface area contributed by atoms with Gasteiger partial charge in [0.05, 0.1) is 12.6 Å². The molecule has 3 aliphatic rings. The minimum absolute atomic E-state index is 0.0914. The summed E-state index contributed by atoms with van der Waals surface area (Å²) in [6.07, 6.45) is 13.8. The van der Waals surface area contributed by atoms with Crippen LogP contribution in [-0.4, -0.2) is 47.3 Å². The van der Waals surface area contributed by atoms with Crippen molar-refractivity contribution in [2.75, 3.05) is 19.6 Å². The Balaban J connectivity index is 1.74. The number of hydrogen-bond donors (Lipinski definition) is 0. The smallest absolute Gasteiger partial charge is 0.242 e. The molecule has 3 rings (SSSR count). The molecule has 1 aliphatic carbocycles. The number of rotatable bonds is 2. The van der Waals surface area contributed by atoms with Crippen molar-refractivity contribution in [1.29, 1.82) is 0 Å². The number of fused-ring (bicyclic) bond motifs is 1. The third-order valence-electron chi connectivity index (χ3n) is 5.48. The highest BCUT2D eigenvalue weighted by molar-refractivity contribution is 5.88. The number of piperazine rings is 1. The van der Waals surface area contributed by atoms with Gasteiger partial charge in [-0.3, -0.25) is 9.59 Å². The lowest BCUT2D eigenvalue weighted by molar-refractivity contribution is -0.151. The number of nitrogens with zero attached hydrogens (tertiary/aromatic N) is 2. The van der Waals surface area contributed by atoms with E-state index < -0.39 is 0 Å². The van der Waals surface area contributed by atoms with Crippen LogP contribution in [0.1, 0.15) is 51.9 Å². The van der Waals surface area contributed by atoms with E-state index in [0.717, 1.165) is 45.1 Å². The summed E-state index contributed by atoms with van der Waals surface area (Å²) in [7, 11) is 0. The molecule has 4 nitrogen and oxygen atoms in total. The molecule has 0 aromatic rings. The lowest BCUT2D eigenvalue weighted by Crippen LogP contribution is -2.60. The summed E-state index contributed by atoms with van der Waals surface area (Å²) in [5.74, 6) is 0.486. The monoisotopic (exact) mass is 316 g/mol. The van der Waals surface area contributed by atoms with Crippen LogP contribution in [0, 0.1) is 5.92 Å². The summed E-state index contributed by atoms with van der Waals surface area (Å²) in [5, 5.41) is 0. The maximum Gasteiger partial charge on any atom is 0.242 e. The van der Waals surface area contributed by atoms with Gasteiger partial charge in [0, 0.05) is 19.0 Å². The van der Waals surface area contributed by atoms with Gasteiger partial charge >= 0.3 is 0 Å².